The number of fused-ring (bicyclic) bond motifs is 1. The van der Waals surface area contributed by atoms with Crippen LogP contribution in [-0.4, -0.2) is 39.4 Å². The Bertz CT molecular complexity index is 1370. The third-order valence-electron chi connectivity index (χ3n) is 6.02. The Morgan fingerprint density at radius 3 is 2.61 bits per heavy atom. The number of halogens is 3. The number of benzene rings is 1. The van der Waals surface area contributed by atoms with Crippen LogP contribution in [0.5, 0.6) is 11.6 Å². The summed E-state index contributed by atoms with van der Waals surface area (Å²) in [6.45, 7) is 3.70. The third kappa shape index (κ3) is 5.46. The number of hydrogen-bond donors (Lipinski definition) is 2. The minimum Gasteiger partial charge on any atom is -0.486 e. The van der Waals surface area contributed by atoms with Crippen LogP contribution in [0.2, 0.25) is 10.0 Å². The van der Waals surface area contributed by atoms with Crippen LogP contribution in [0.3, 0.4) is 0 Å². The maximum absolute atomic E-state index is 15.1. The molecule has 3 aromatic heterocycles. The first-order valence-electron chi connectivity index (χ1n) is 11.6. The van der Waals surface area contributed by atoms with Gasteiger partial charge in [-0.2, -0.15) is 5.10 Å². The summed E-state index contributed by atoms with van der Waals surface area (Å²) in [6.07, 6.45) is 7.47. The number of ether oxygens (including phenoxy) is 2. The van der Waals surface area contributed by atoms with Crippen LogP contribution >= 0.6 is 23.2 Å². The molecule has 0 amide bonds. The SMILES string of the molecule is C[C@@H](Oc1ccc2n[nH]c(/C=C(\F)c3ccc(OC4CCNCC4)nc3)c2c1)c1c(Cl)cncc1Cl. The van der Waals surface area contributed by atoms with Crippen LogP contribution in [0.4, 0.5) is 4.39 Å². The second kappa shape index (κ2) is 10.8. The first-order valence-corrected chi connectivity index (χ1v) is 12.4. The van der Waals surface area contributed by atoms with Gasteiger partial charge in [0.1, 0.15) is 23.8 Å². The van der Waals surface area contributed by atoms with Gasteiger partial charge >= 0.3 is 0 Å². The molecule has 0 saturated carbocycles. The summed E-state index contributed by atoms with van der Waals surface area (Å²) in [5.74, 6) is 0.615. The fraction of sp³-hybridized carbons (Fsp3) is 0.269. The van der Waals surface area contributed by atoms with Gasteiger partial charge in [0.2, 0.25) is 5.88 Å². The highest BCUT2D eigenvalue weighted by atomic mass is 35.5. The molecule has 1 fully saturated rings. The van der Waals surface area contributed by atoms with Crippen molar-refractivity contribution in [2.24, 2.45) is 0 Å². The van der Waals surface area contributed by atoms with Crippen molar-refractivity contribution in [3.63, 3.8) is 0 Å². The van der Waals surface area contributed by atoms with Gasteiger partial charge < -0.3 is 14.8 Å². The summed E-state index contributed by atoms with van der Waals surface area (Å²) in [5.41, 5.74) is 2.18. The van der Waals surface area contributed by atoms with Gasteiger partial charge in [0.25, 0.3) is 0 Å². The fourth-order valence-corrected chi connectivity index (χ4v) is 4.82. The number of aromatic nitrogens is 4. The minimum atomic E-state index is -0.448. The fourth-order valence-electron chi connectivity index (χ4n) is 4.15. The van der Waals surface area contributed by atoms with E-state index in [0.29, 0.717) is 49.4 Å². The lowest BCUT2D eigenvalue weighted by Crippen LogP contribution is -2.34. The molecule has 36 heavy (non-hydrogen) atoms. The maximum Gasteiger partial charge on any atom is 0.213 e. The van der Waals surface area contributed by atoms with Crippen molar-refractivity contribution in [3.05, 3.63) is 75.8 Å². The van der Waals surface area contributed by atoms with Crippen molar-refractivity contribution in [2.45, 2.75) is 32.0 Å². The first kappa shape index (κ1) is 24.5. The average Bonchev–Trinajstić information content (AvgIpc) is 3.27. The molecule has 4 heterocycles. The summed E-state index contributed by atoms with van der Waals surface area (Å²) in [7, 11) is 0. The number of rotatable bonds is 7. The number of nitrogens with zero attached hydrogens (tertiary/aromatic N) is 3. The second-order valence-electron chi connectivity index (χ2n) is 8.54. The molecule has 10 heteroatoms. The zero-order valence-corrected chi connectivity index (χ0v) is 21.0. The first-order chi connectivity index (χ1) is 17.5. The standard InChI is InChI=1S/C26H24Cl2FN5O2/c1-15(26-20(27)13-31-14-21(26)28)35-18-3-4-23-19(10-18)24(34-33-23)11-22(29)16-2-5-25(32-12-16)36-17-6-8-30-9-7-17/h2-5,10-15,17,30H,6-9H2,1H3,(H,33,34)/b22-11-/t15-/m1/s1. The van der Waals surface area contributed by atoms with Crippen molar-refractivity contribution in [2.75, 3.05) is 13.1 Å². The molecule has 2 N–H and O–H groups in total. The molecule has 1 aliphatic heterocycles. The third-order valence-corrected chi connectivity index (χ3v) is 6.62. The van der Waals surface area contributed by atoms with Gasteiger partial charge in [-0.3, -0.25) is 10.1 Å². The summed E-state index contributed by atoms with van der Waals surface area (Å²) in [6, 6.07) is 8.74. The number of nitrogens with one attached hydrogen (secondary N) is 2. The lowest BCUT2D eigenvalue weighted by molar-refractivity contribution is 0.156. The van der Waals surface area contributed by atoms with Crippen LogP contribution in [0, 0.1) is 0 Å². The Morgan fingerprint density at radius 2 is 1.89 bits per heavy atom. The van der Waals surface area contributed by atoms with Crippen LogP contribution in [0.25, 0.3) is 22.8 Å². The Balaban J connectivity index is 1.33. The van der Waals surface area contributed by atoms with Gasteiger partial charge in [0.15, 0.2) is 0 Å². The molecular weight excluding hydrogens is 504 g/mol. The van der Waals surface area contributed by atoms with E-state index < -0.39 is 11.9 Å². The molecule has 7 nitrogen and oxygen atoms in total. The zero-order valence-electron chi connectivity index (χ0n) is 19.5. The zero-order chi connectivity index (χ0) is 25.1. The molecule has 0 aliphatic carbocycles. The van der Waals surface area contributed by atoms with Crippen molar-refractivity contribution < 1.29 is 13.9 Å². The summed E-state index contributed by atoms with van der Waals surface area (Å²) in [5, 5.41) is 12.0. The van der Waals surface area contributed by atoms with Gasteiger partial charge in [0.05, 0.1) is 21.3 Å². The highest BCUT2D eigenvalue weighted by Crippen LogP contribution is 2.34. The lowest BCUT2D eigenvalue weighted by Gasteiger charge is -2.23. The smallest absolute Gasteiger partial charge is 0.213 e. The summed E-state index contributed by atoms with van der Waals surface area (Å²) >= 11 is 12.5. The Morgan fingerprint density at radius 1 is 1.11 bits per heavy atom. The molecule has 0 unspecified atom stereocenters. The Labute approximate surface area is 217 Å². The molecular formula is C26H24Cl2FN5O2. The molecule has 0 bridgehead atoms. The minimum absolute atomic E-state index is 0.131. The molecule has 1 saturated heterocycles. The van der Waals surface area contributed by atoms with E-state index in [0.717, 1.165) is 25.9 Å². The normalized spacial score (nSPS) is 15.7. The number of aromatic amines is 1. The summed E-state index contributed by atoms with van der Waals surface area (Å²) < 4.78 is 27.1. The quantitative estimate of drug-likeness (QED) is 0.289. The number of pyridine rings is 2. The van der Waals surface area contributed by atoms with Crippen molar-refractivity contribution in [1.29, 1.82) is 0 Å². The second-order valence-corrected chi connectivity index (χ2v) is 9.35. The topological polar surface area (TPSA) is 85.0 Å². The van der Waals surface area contributed by atoms with Crippen LogP contribution in [0.1, 0.15) is 42.7 Å². The Kier molecular flexibility index (Phi) is 7.36. The monoisotopic (exact) mass is 527 g/mol. The molecule has 0 spiro atoms. The van der Waals surface area contributed by atoms with Crippen molar-refractivity contribution >= 4 is 46.0 Å². The molecule has 1 atom stereocenters. The predicted octanol–water partition coefficient (Wildman–Crippen LogP) is 6.40. The van der Waals surface area contributed by atoms with Gasteiger partial charge in [0, 0.05) is 47.2 Å². The van der Waals surface area contributed by atoms with E-state index in [1.807, 2.05) is 6.92 Å². The summed E-state index contributed by atoms with van der Waals surface area (Å²) in [4.78, 5) is 8.26. The highest BCUT2D eigenvalue weighted by Gasteiger charge is 2.17. The maximum atomic E-state index is 15.1. The molecule has 4 aromatic rings. The van der Waals surface area contributed by atoms with E-state index in [4.69, 9.17) is 32.7 Å². The van der Waals surface area contributed by atoms with E-state index in [9.17, 15) is 0 Å². The largest absolute Gasteiger partial charge is 0.486 e. The van der Waals surface area contributed by atoms with E-state index >= 15 is 4.39 Å². The van der Waals surface area contributed by atoms with Gasteiger partial charge in [-0.1, -0.05) is 23.2 Å². The molecule has 186 valence electrons. The van der Waals surface area contributed by atoms with Crippen LogP contribution in [-0.2, 0) is 0 Å². The average molecular weight is 528 g/mol. The van der Waals surface area contributed by atoms with Crippen LogP contribution < -0.4 is 14.8 Å². The van der Waals surface area contributed by atoms with E-state index in [2.05, 4.69) is 25.5 Å². The molecule has 0 radical (unpaired) electrons. The van der Waals surface area contributed by atoms with E-state index in [1.54, 1.807) is 30.3 Å². The number of hydrogen-bond acceptors (Lipinski definition) is 6. The van der Waals surface area contributed by atoms with E-state index in [1.165, 1.54) is 24.7 Å². The highest BCUT2D eigenvalue weighted by molar-refractivity contribution is 6.35. The van der Waals surface area contributed by atoms with Crippen molar-refractivity contribution in [3.8, 4) is 11.6 Å². The molecule has 5 rings (SSSR count). The Hall–Kier alpha value is -3.20. The van der Waals surface area contributed by atoms with E-state index in [-0.39, 0.29) is 6.10 Å². The molecule has 1 aliphatic rings. The molecule has 1 aromatic carbocycles. The lowest BCUT2D eigenvalue weighted by atomic mass is 10.1. The number of piperidine rings is 1. The van der Waals surface area contributed by atoms with Gasteiger partial charge in [-0.05, 0) is 57.1 Å². The van der Waals surface area contributed by atoms with Crippen LogP contribution in [0.15, 0.2) is 48.9 Å². The number of H-pyrrole nitrogens is 1. The van der Waals surface area contributed by atoms with Crippen molar-refractivity contribution in [1.82, 2.24) is 25.5 Å². The predicted molar refractivity (Wildman–Crippen MR) is 139 cm³/mol. The van der Waals surface area contributed by atoms with Gasteiger partial charge in [-0.25, -0.2) is 9.37 Å². The van der Waals surface area contributed by atoms with Gasteiger partial charge in [-0.15, -0.1) is 0 Å².